The Labute approximate surface area is 94.2 Å². The Morgan fingerprint density at radius 2 is 2.12 bits per heavy atom. The molecule has 0 radical (unpaired) electrons. The molecule has 1 aromatic rings. The smallest absolute Gasteiger partial charge is 0.203 e. The summed E-state index contributed by atoms with van der Waals surface area (Å²) in [6.07, 6.45) is 2.21. The minimum absolute atomic E-state index is 0.233. The van der Waals surface area contributed by atoms with Gasteiger partial charge < -0.3 is 19.9 Å². The summed E-state index contributed by atoms with van der Waals surface area (Å²) >= 11 is 0. The predicted molar refractivity (Wildman–Crippen MR) is 59.1 cm³/mol. The van der Waals surface area contributed by atoms with Gasteiger partial charge in [0.25, 0.3) is 0 Å². The first-order valence-electron chi connectivity index (χ1n) is 5.71. The van der Waals surface area contributed by atoms with Gasteiger partial charge in [-0.1, -0.05) is 0 Å². The fourth-order valence-electron chi connectivity index (χ4n) is 2.35. The van der Waals surface area contributed by atoms with E-state index in [1.807, 2.05) is 12.1 Å². The molecule has 4 nitrogen and oxygen atoms in total. The van der Waals surface area contributed by atoms with Crippen LogP contribution >= 0.6 is 0 Å². The largest absolute Gasteiger partial charge is 0.504 e. The van der Waals surface area contributed by atoms with Crippen LogP contribution in [-0.4, -0.2) is 24.9 Å². The maximum atomic E-state index is 10.2. The Balaban J connectivity index is 1.99. The molecule has 0 saturated carbocycles. The molecule has 0 aliphatic carbocycles. The summed E-state index contributed by atoms with van der Waals surface area (Å²) in [5.41, 5.74) is 0.918. The summed E-state index contributed by atoms with van der Waals surface area (Å²) < 4.78 is 10.9. The lowest BCUT2D eigenvalue weighted by Crippen LogP contribution is -2.17. The summed E-state index contributed by atoms with van der Waals surface area (Å²) in [5.74, 6) is 1.37. The molecule has 2 aliphatic heterocycles. The fraction of sp³-hybridized carbons (Fsp3) is 0.500. The van der Waals surface area contributed by atoms with Crippen LogP contribution in [0.3, 0.4) is 0 Å². The molecule has 2 N–H and O–H groups in total. The van der Waals surface area contributed by atoms with Gasteiger partial charge in [-0.3, -0.25) is 0 Å². The Morgan fingerprint density at radius 3 is 2.94 bits per heavy atom. The van der Waals surface area contributed by atoms with Crippen molar-refractivity contribution in [2.24, 2.45) is 0 Å². The van der Waals surface area contributed by atoms with Crippen LogP contribution in [0.1, 0.15) is 24.4 Å². The standard InChI is InChI=1S/C12H15NO3/c14-11-8(9-2-1-5-13-9)3-4-10-12(11)16-7-6-15-10/h3-4,9,13-14H,1-2,5-7H2. The summed E-state index contributed by atoms with van der Waals surface area (Å²) in [7, 11) is 0. The Morgan fingerprint density at radius 1 is 1.25 bits per heavy atom. The van der Waals surface area contributed by atoms with E-state index >= 15 is 0 Å². The van der Waals surface area contributed by atoms with Crippen LogP contribution in [0.15, 0.2) is 12.1 Å². The fourth-order valence-corrected chi connectivity index (χ4v) is 2.35. The molecule has 0 spiro atoms. The summed E-state index contributed by atoms with van der Waals surface area (Å²) in [4.78, 5) is 0. The second kappa shape index (κ2) is 3.87. The predicted octanol–water partition coefficient (Wildman–Crippen LogP) is 1.59. The van der Waals surface area contributed by atoms with Crippen molar-refractivity contribution in [2.45, 2.75) is 18.9 Å². The van der Waals surface area contributed by atoms with E-state index in [9.17, 15) is 5.11 Å². The SMILES string of the molecule is Oc1c(C2CCCN2)ccc2c1OCCO2. The highest BCUT2D eigenvalue weighted by atomic mass is 16.6. The number of ether oxygens (including phenoxy) is 2. The lowest BCUT2D eigenvalue weighted by molar-refractivity contribution is 0.165. The number of phenolic OH excluding ortho intramolecular Hbond substituents is 1. The maximum Gasteiger partial charge on any atom is 0.203 e. The van der Waals surface area contributed by atoms with E-state index in [-0.39, 0.29) is 11.8 Å². The number of fused-ring (bicyclic) bond motifs is 1. The van der Waals surface area contributed by atoms with Crippen LogP contribution in [0, 0.1) is 0 Å². The molecule has 86 valence electrons. The molecule has 4 heteroatoms. The monoisotopic (exact) mass is 221 g/mol. The van der Waals surface area contributed by atoms with Crippen LogP contribution in [0.2, 0.25) is 0 Å². The molecule has 0 bridgehead atoms. The molecule has 2 aliphatic rings. The van der Waals surface area contributed by atoms with Crippen molar-refractivity contribution >= 4 is 0 Å². The third-order valence-electron chi connectivity index (χ3n) is 3.15. The minimum Gasteiger partial charge on any atom is -0.504 e. The normalized spacial score (nSPS) is 23.4. The number of nitrogens with one attached hydrogen (secondary N) is 1. The lowest BCUT2D eigenvalue weighted by atomic mass is 10.0. The molecule has 3 rings (SSSR count). The van der Waals surface area contributed by atoms with Gasteiger partial charge in [0.1, 0.15) is 13.2 Å². The van der Waals surface area contributed by atoms with Gasteiger partial charge in [-0.25, -0.2) is 0 Å². The van der Waals surface area contributed by atoms with Crippen molar-refractivity contribution < 1.29 is 14.6 Å². The number of hydrogen-bond acceptors (Lipinski definition) is 4. The van der Waals surface area contributed by atoms with Gasteiger partial charge >= 0.3 is 0 Å². The number of benzene rings is 1. The molecule has 1 atom stereocenters. The highest BCUT2D eigenvalue weighted by molar-refractivity contribution is 5.56. The first-order chi connectivity index (χ1) is 7.86. The van der Waals surface area contributed by atoms with Gasteiger partial charge in [0.2, 0.25) is 5.75 Å². The number of rotatable bonds is 1. The van der Waals surface area contributed by atoms with Gasteiger partial charge in [-0.2, -0.15) is 0 Å². The molecule has 16 heavy (non-hydrogen) atoms. The summed E-state index contributed by atoms with van der Waals surface area (Å²) in [6.45, 7) is 2.06. The topological polar surface area (TPSA) is 50.7 Å². The van der Waals surface area contributed by atoms with Crippen LogP contribution in [0.5, 0.6) is 17.2 Å². The van der Waals surface area contributed by atoms with Crippen LogP contribution in [0.4, 0.5) is 0 Å². The second-order valence-electron chi connectivity index (χ2n) is 4.18. The molecule has 1 unspecified atom stereocenters. The molecule has 0 aromatic heterocycles. The third kappa shape index (κ3) is 1.50. The number of phenols is 1. The van der Waals surface area contributed by atoms with Crippen molar-refractivity contribution in [3.05, 3.63) is 17.7 Å². The zero-order valence-electron chi connectivity index (χ0n) is 9.03. The minimum atomic E-state index is 0.233. The Bertz CT molecular complexity index is 399. The maximum absolute atomic E-state index is 10.2. The van der Waals surface area contributed by atoms with E-state index in [2.05, 4.69) is 5.32 Å². The van der Waals surface area contributed by atoms with E-state index in [1.54, 1.807) is 0 Å². The van der Waals surface area contributed by atoms with Gasteiger partial charge in [0.15, 0.2) is 11.5 Å². The molecule has 1 fully saturated rings. The van der Waals surface area contributed by atoms with Gasteiger partial charge in [-0.05, 0) is 31.5 Å². The summed E-state index contributed by atoms with van der Waals surface area (Å²) in [6, 6.07) is 4.05. The van der Waals surface area contributed by atoms with E-state index in [0.717, 1.165) is 24.9 Å². The molecule has 1 aromatic carbocycles. The first-order valence-corrected chi connectivity index (χ1v) is 5.71. The van der Waals surface area contributed by atoms with Crippen molar-refractivity contribution in [1.29, 1.82) is 0 Å². The van der Waals surface area contributed by atoms with Crippen molar-refractivity contribution in [3.63, 3.8) is 0 Å². The van der Waals surface area contributed by atoms with E-state index in [0.29, 0.717) is 24.7 Å². The average molecular weight is 221 g/mol. The highest BCUT2D eigenvalue weighted by Crippen LogP contribution is 2.44. The van der Waals surface area contributed by atoms with Crippen LogP contribution < -0.4 is 14.8 Å². The number of hydrogen-bond donors (Lipinski definition) is 2. The molecule has 0 amide bonds. The van der Waals surface area contributed by atoms with Crippen molar-refractivity contribution in [2.75, 3.05) is 19.8 Å². The molecular formula is C12H15NO3. The van der Waals surface area contributed by atoms with Crippen molar-refractivity contribution in [1.82, 2.24) is 5.32 Å². The molecule has 1 saturated heterocycles. The van der Waals surface area contributed by atoms with Gasteiger partial charge in [0, 0.05) is 11.6 Å². The second-order valence-corrected chi connectivity index (χ2v) is 4.18. The lowest BCUT2D eigenvalue weighted by Gasteiger charge is -2.22. The van der Waals surface area contributed by atoms with Gasteiger partial charge in [0.05, 0.1) is 0 Å². The van der Waals surface area contributed by atoms with E-state index < -0.39 is 0 Å². The Hall–Kier alpha value is -1.42. The highest BCUT2D eigenvalue weighted by Gasteiger charge is 2.25. The zero-order chi connectivity index (χ0) is 11.0. The molecular weight excluding hydrogens is 206 g/mol. The van der Waals surface area contributed by atoms with E-state index in [1.165, 1.54) is 0 Å². The molecule has 2 heterocycles. The van der Waals surface area contributed by atoms with Crippen LogP contribution in [0.25, 0.3) is 0 Å². The zero-order valence-corrected chi connectivity index (χ0v) is 9.03. The average Bonchev–Trinajstić information content (AvgIpc) is 2.83. The third-order valence-corrected chi connectivity index (χ3v) is 3.15. The van der Waals surface area contributed by atoms with Crippen molar-refractivity contribution in [3.8, 4) is 17.2 Å². The van der Waals surface area contributed by atoms with Gasteiger partial charge in [-0.15, -0.1) is 0 Å². The van der Waals surface area contributed by atoms with E-state index in [4.69, 9.17) is 9.47 Å². The quantitative estimate of drug-likeness (QED) is 0.756. The number of aromatic hydroxyl groups is 1. The summed E-state index contributed by atoms with van der Waals surface area (Å²) in [5, 5.41) is 13.5. The Kier molecular flexibility index (Phi) is 2.36. The van der Waals surface area contributed by atoms with Crippen LogP contribution in [-0.2, 0) is 0 Å². The first kappa shape index (κ1) is 9.78.